The third kappa shape index (κ3) is 3.10. The van der Waals surface area contributed by atoms with Crippen molar-refractivity contribution >= 4 is 0 Å². The standard InChI is InChI=1S/C14H21N3/c1-4-14(2,3)15-11-12-9-10-17(16-12)13-7-5-6-8-13/h1,9-10,13,15H,5-8,11H2,2-3H3. The molecule has 1 N–H and O–H groups in total. The highest BCUT2D eigenvalue weighted by molar-refractivity contribution is 5.09. The average molecular weight is 231 g/mol. The van der Waals surface area contributed by atoms with Crippen LogP contribution >= 0.6 is 0 Å². The third-order valence-electron chi connectivity index (χ3n) is 3.43. The molecule has 1 fully saturated rings. The first-order valence-electron chi connectivity index (χ1n) is 6.37. The van der Waals surface area contributed by atoms with E-state index in [2.05, 4.69) is 33.3 Å². The Labute approximate surface area is 104 Å². The van der Waals surface area contributed by atoms with E-state index in [1.54, 1.807) is 0 Å². The first kappa shape index (κ1) is 12.2. The van der Waals surface area contributed by atoms with Crippen molar-refractivity contribution in [2.75, 3.05) is 0 Å². The van der Waals surface area contributed by atoms with Crippen molar-refractivity contribution in [3.63, 3.8) is 0 Å². The summed E-state index contributed by atoms with van der Waals surface area (Å²) in [6, 6.07) is 2.70. The van der Waals surface area contributed by atoms with Gasteiger partial charge in [0.15, 0.2) is 0 Å². The van der Waals surface area contributed by atoms with Crippen molar-refractivity contribution < 1.29 is 0 Å². The fraction of sp³-hybridized carbons (Fsp3) is 0.643. The van der Waals surface area contributed by atoms with Gasteiger partial charge in [-0.3, -0.25) is 10.00 Å². The number of hydrogen-bond donors (Lipinski definition) is 1. The van der Waals surface area contributed by atoms with E-state index in [1.165, 1.54) is 25.7 Å². The van der Waals surface area contributed by atoms with E-state index in [0.29, 0.717) is 6.04 Å². The number of rotatable bonds is 4. The molecule has 0 aromatic carbocycles. The summed E-state index contributed by atoms with van der Waals surface area (Å²) < 4.78 is 2.12. The second-order valence-corrected chi connectivity index (χ2v) is 5.35. The van der Waals surface area contributed by atoms with Crippen LogP contribution in [-0.2, 0) is 6.54 Å². The Morgan fingerprint density at radius 3 is 2.88 bits per heavy atom. The monoisotopic (exact) mass is 231 g/mol. The summed E-state index contributed by atoms with van der Waals surface area (Å²) in [7, 11) is 0. The molecule has 2 rings (SSSR count). The Hall–Kier alpha value is -1.27. The summed E-state index contributed by atoms with van der Waals surface area (Å²) in [5, 5.41) is 7.93. The summed E-state index contributed by atoms with van der Waals surface area (Å²) in [4.78, 5) is 0. The number of nitrogens with zero attached hydrogens (tertiary/aromatic N) is 2. The fourth-order valence-corrected chi connectivity index (χ4v) is 2.21. The molecule has 0 atom stereocenters. The zero-order valence-corrected chi connectivity index (χ0v) is 10.7. The number of terminal acetylenes is 1. The minimum Gasteiger partial charge on any atom is -0.296 e. The van der Waals surface area contributed by atoms with Crippen LogP contribution in [0.1, 0.15) is 51.3 Å². The summed E-state index contributed by atoms with van der Waals surface area (Å²) >= 11 is 0. The summed E-state index contributed by atoms with van der Waals surface area (Å²) in [5.41, 5.74) is 0.803. The average Bonchev–Trinajstić information content (AvgIpc) is 2.97. The van der Waals surface area contributed by atoms with Gasteiger partial charge in [-0.05, 0) is 32.8 Å². The summed E-state index contributed by atoms with van der Waals surface area (Å²) in [6.07, 6.45) is 12.7. The summed E-state index contributed by atoms with van der Waals surface area (Å²) in [6.45, 7) is 4.73. The molecule has 0 saturated heterocycles. The number of aromatic nitrogens is 2. The molecule has 1 aliphatic rings. The van der Waals surface area contributed by atoms with Crippen LogP contribution in [0.15, 0.2) is 12.3 Å². The molecular weight excluding hydrogens is 210 g/mol. The van der Waals surface area contributed by atoms with Crippen molar-refractivity contribution in [1.29, 1.82) is 0 Å². The molecule has 1 aromatic rings. The Morgan fingerprint density at radius 1 is 1.53 bits per heavy atom. The molecule has 1 aliphatic carbocycles. The Kier molecular flexibility index (Phi) is 3.54. The van der Waals surface area contributed by atoms with Gasteiger partial charge < -0.3 is 0 Å². The van der Waals surface area contributed by atoms with Crippen molar-refractivity contribution in [3.05, 3.63) is 18.0 Å². The minimum atomic E-state index is -0.267. The van der Waals surface area contributed by atoms with Crippen molar-refractivity contribution in [2.45, 2.75) is 57.7 Å². The van der Waals surface area contributed by atoms with Gasteiger partial charge in [-0.25, -0.2) is 0 Å². The lowest BCUT2D eigenvalue weighted by atomic mass is 10.1. The predicted molar refractivity (Wildman–Crippen MR) is 69.5 cm³/mol. The maximum atomic E-state index is 5.44. The van der Waals surface area contributed by atoms with E-state index in [1.807, 2.05) is 13.8 Å². The second-order valence-electron chi connectivity index (χ2n) is 5.35. The molecular formula is C14H21N3. The molecule has 1 aromatic heterocycles. The predicted octanol–water partition coefficient (Wildman–Crippen LogP) is 2.50. The molecule has 0 bridgehead atoms. The van der Waals surface area contributed by atoms with E-state index >= 15 is 0 Å². The van der Waals surface area contributed by atoms with E-state index in [-0.39, 0.29) is 5.54 Å². The zero-order chi connectivity index (χ0) is 12.3. The van der Waals surface area contributed by atoms with Gasteiger partial charge in [-0.15, -0.1) is 6.42 Å². The molecule has 92 valence electrons. The van der Waals surface area contributed by atoms with Gasteiger partial charge in [-0.1, -0.05) is 18.8 Å². The van der Waals surface area contributed by atoms with Gasteiger partial charge in [0.05, 0.1) is 17.3 Å². The van der Waals surface area contributed by atoms with Crippen LogP contribution in [0.5, 0.6) is 0 Å². The highest BCUT2D eigenvalue weighted by atomic mass is 15.3. The van der Waals surface area contributed by atoms with Gasteiger partial charge >= 0.3 is 0 Å². The van der Waals surface area contributed by atoms with Crippen LogP contribution < -0.4 is 5.32 Å². The van der Waals surface area contributed by atoms with Gasteiger partial charge in [0, 0.05) is 12.7 Å². The van der Waals surface area contributed by atoms with Crippen LogP contribution in [0.3, 0.4) is 0 Å². The largest absolute Gasteiger partial charge is 0.296 e. The molecule has 17 heavy (non-hydrogen) atoms. The Morgan fingerprint density at radius 2 is 2.24 bits per heavy atom. The van der Waals surface area contributed by atoms with Crippen LogP contribution in [0.2, 0.25) is 0 Å². The maximum absolute atomic E-state index is 5.44. The first-order chi connectivity index (χ1) is 8.11. The van der Waals surface area contributed by atoms with Crippen molar-refractivity contribution in [1.82, 2.24) is 15.1 Å². The minimum absolute atomic E-state index is 0.267. The van der Waals surface area contributed by atoms with Crippen LogP contribution in [-0.4, -0.2) is 15.3 Å². The van der Waals surface area contributed by atoms with Crippen LogP contribution in [0.25, 0.3) is 0 Å². The quantitative estimate of drug-likeness (QED) is 0.807. The Bertz CT molecular complexity index is 405. The first-order valence-corrected chi connectivity index (χ1v) is 6.37. The van der Waals surface area contributed by atoms with Crippen molar-refractivity contribution in [2.24, 2.45) is 0 Å². The molecule has 0 amide bonds. The second kappa shape index (κ2) is 4.93. The fourth-order valence-electron chi connectivity index (χ4n) is 2.21. The zero-order valence-electron chi connectivity index (χ0n) is 10.7. The summed E-state index contributed by atoms with van der Waals surface area (Å²) in [5.74, 6) is 2.73. The number of nitrogens with one attached hydrogen (secondary N) is 1. The third-order valence-corrected chi connectivity index (χ3v) is 3.43. The topological polar surface area (TPSA) is 29.9 Å². The smallest absolute Gasteiger partial charge is 0.0763 e. The molecule has 3 nitrogen and oxygen atoms in total. The highest BCUT2D eigenvalue weighted by Gasteiger charge is 2.18. The molecule has 0 unspecified atom stereocenters. The van der Waals surface area contributed by atoms with Gasteiger partial charge in [0.2, 0.25) is 0 Å². The maximum Gasteiger partial charge on any atom is 0.0763 e. The molecule has 1 heterocycles. The van der Waals surface area contributed by atoms with Crippen LogP contribution in [0, 0.1) is 12.3 Å². The molecule has 0 radical (unpaired) electrons. The van der Waals surface area contributed by atoms with Gasteiger partial charge in [0.25, 0.3) is 0 Å². The number of hydrogen-bond acceptors (Lipinski definition) is 2. The lowest BCUT2D eigenvalue weighted by Crippen LogP contribution is -2.37. The lowest BCUT2D eigenvalue weighted by molar-refractivity contribution is 0.449. The molecule has 0 aliphatic heterocycles. The van der Waals surface area contributed by atoms with E-state index in [0.717, 1.165) is 12.2 Å². The SMILES string of the molecule is C#CC(C)(C)NCc1ccn(C2CCCC2)n1. The Balaban J connectivity index is 1.92. The van der Waals surface area contributed by atoms with Crippen molar-refractivity contribution in [3.8, 4) is 12.3 Å². The van der Waals surface area contributed by atoms with Crippen LogP contribution in [0.4, 0.5) is 0 Å². The normalized spacial score (nSPS) is 17.2. The molecule has 0 spiro atoms. The van der Waals surface area contributed by atoms with E-state index in [4.69, 9.17) is 6.42 Å². The molecule has 3 heteroatoms. The van der Waals surface area contributed by atoms with E-state index in [9.17, 15) is 0 Å². The van der Waals surface area contributed by atoms with E-state index < -0.39 is 0 Å². The van der Waals surface area contributed by atoms with Gasteiger partial charge in [-0.2, -0.15) is 5.10 Å². The highest BCUT2D eigenvalue weighted by Crippen LogP contribution is 2.28. The lowest BCUT2D eigenvalue weighted by Gasteiger charge is -2.18. The van der Waals surface area contributed by atoms with Gasteiger partial charge in [0.1, 0.15) is 0 Å². The molecule has 1 saturated carbocycles.